The number of quaternary nitrogens is 1. The van der Waals surface area contributed by atoms with E-state index in [4.69, 9.17) is 4.74 Å². The van der Waals surface area contributed by atoms with Crippen LogP contribution in [0.5, 0.6) is 0 Å². The number of morpholine rings is 1. The van der Waals surface area contributed by atoms with Crippen LogP contribution in [0.25, 0.3) is 0 Å². The molecule has 156 valence electrons. The maximum atomic E-state index is 13.7. The highest BCUT2D eigenvalue weighted by Crippen LogP contribution is 2.39. The number of halogens is 1. The molecule has 2 unspecified atom stereocenters. The smallest absolute Gasteiger partial charge is 0.123 e. The average molecular weight is 407 g/mol. The van der Waals surface area contributed by atoms with Crippen molar-refractivity contribution in [2.45, 2.75) is 17.9 Å². The first-order chi connectivity index (χ1) is 14.6. The van der Waals surface area contributed by atoms with Crippen LogP contribution in [0.1, 0.15) is 22.6 Å². The molecule has 4 rings (SSSR count). The van der Waals surface area contributed by atoms with E-state index >= 15 is 0 Å². The lowest BCUT2D eigenvalue weighted by molar-refractivity contribution is -0.910. The maximum Gasteiger partial charge on any atom is 0.123 e. The topological polar surface area (TPSA) is 33.9 Å². The number of nitrogens with one attached hydrogen (secondary N) is 1. The number of ether oxygens (including phenoxy) is 1. The zero-order valence-corrected chi connectivity index (χ0v) is 17.1. The van der Waals surface area contributed by atoms with E-state index in [0.717, 1.165) is 49.5 Å². The molecule has 1 fully saturated rings. The summed E-state index contributed by atoms with van der Waals surface area (Å²) in [5.41, 5.74) is 1.73. The third kappa shape index (κ3) is 4.78. The summed E-state index contributed by atoms with van der Waals surface area (Å²) in [6.45, 7) is 4.12. The number of hydrogen-bond acceptors (Lipinski definition) is 2. The molecule has 4 heteroatoms. The Balaban J connectivity index is 1.77. The number of hydrogen-bond donors (Lipinski definition) is 2. The van der Waals surface area contributed by atoms with E-state index in [1.54, 1.807) is 12.1 Å². The van der Waals surface area contributed by atoms with Gasteiger partial charge in [0.25, 0.3) is 0 Å². The van der Waals surface area contributed by atoms with E-state index in [1.165, 1.54) is 17.0 Å². The molecule has 1 aliphatic rings. The molecule has 0 aromatic heterocycles. The van der Waals surface area contributed by atoms with Crippen molar-refractivity contribution in [1.82, 2.24) is 0 Å². The second-order valence-corrected chi connectivity index (χ2v) is 8.12. The molecule has 0 aliphatic carbocycles. The van der Waals surface area contributed by atoms with Crippen LogP contribution in [0.4, 0.5) is 4.39 Å². The Hall–Kier alpha value is -2.53. The van der Waals surface area contributed by atoms with E-state index in [1.807, 2.05) is 48.5 Å². The van der Waals surface area contributed by atoms with Crippen LogP contribution < -0.4 is 4.90 Å². The van der Waals surface area contributed by atoms with Gasteiger partial charge < -0.3 is 14.7 Å². The third-order valence-corrected chi connectivity index (χ3v) is 6.13. The summed E-state index contributed by atoms with van der Waals surface area (Å²) in [5.74, 6) is -0.437. The Kier molecular flexibility index (Phi) is 6.58. The van der Waals surface area contributed by atoms with Crippen LogP contribution in [0.3, 0.4) is 0 Å². The number of benzene rings is 3. The van der Waals surface area contributed by atoms with E-state index in [2.05, 4.69) is 12.1 Å². The van der Waals surface area contributed by atoms with Crippen molar-refractivity contribution in [3.05, 3.63) is 107 Å². The van der Waals surface area contributed by atoms with Gasteiger partial charge in [-0.25, -0.2) is 4.39 Å². The van der Waals surface area contributed by atoms with Gasteiger partial charge in [-0.3, -0.25) is 0 Å². The first kappa shape index (κ1) is 20.7. The molecule has 0 amide bonds. The average Bonchev–Trinajstić information content (AvgIpc) is 2.80. The minimum atomic E-state index is -1.16. The quantitative estimate of drug-likeness (QED) is 0.633. The van der Waals surface area contributed by atoms with Crippen molar-refractivity contribution in [2.24, 2.45) is 0 Å². The first-order valence-corrected chi connectivity index (χ1v) is 10.6. The zero-order valence-electron chi connectivity index (χ0n) is 17.1. The zero-order chi connectivity index (χ0) is 20.8. The Morgan fingerprint density at radius 3 is 2.10 bits per heavy atom. The van der Waals surface area contributed by atoms with E-state index in [-0.39, 0.29) is 11.7 Å². The van der Waals surface area contributed by atoms with Gasteiger partial charge in [-0.15, -0.1) is 0 Å². The maximum absolute atomic E-state index is 13.7. The van der Waals surface area contributed by atoms with Crippen LogP contribution in [0.15, 0.2) is 84.9 Å². The molecule has 0 radical (unpaired) electrons. The van der Waals surface area contributed by atoms with Gasteiger partial charge in [0.1, 0.15) is 24.5 Å². The minimum Gasteiger partial charge on any atom is -0.384 e. The molecule has 3 aromatic rings. The van der Waals surface area contributed by atoms with E-state index in [0.29, 0.717) is 6.42 Å². The number of rotatable bonds is 7. The minimum absolute atomic E-state index is 0.141. The SMILES string of the molecule is OC(Cc1ccccc1)(c1ccc(F)cc1)C(C[NH+]1CCOCC1)c1ccccc1. The Morgan fingerprint density at radius 1 is 0.867 bits per heavy atom. The highest BCUT2D eigenvalue weighted by molar-refractivity contribution is 5.34. The summed E-state index contributed by atoms with van der Waals surface area (Å²) in [7, 11) is 0. The lowest BCUT2D eigenvalue weighted by Gasteiger charge is -2.39. The fourth-order valence-electron chi connectivity index (χ4n) is 4.47. The Labute approximate surface area is 177 Å². The molecule has 3 nitrogen and oxygen atoms in total. The first-order valence-electron chi connectivity index (χ1n) is 10.6. The fraction of sp³-hybridized carbons (Fsp3) is 0.308. The molecule has 30 heavy (non-hydrogen) atoms. The lowest BCUT2D eigenvalue weighted by atomic mass is 9.73. The van der Waals surface area contributed by atoms with Gasteiger partial charge in [-0.1, -0.05) is 72.8 Å². The molecular formula is C26H29FNO2+. The van der Waals surface area contributed by atoms with Gasteiger partial charge in [-0.05, 0) is 28.8 Å². The summed E-state index contributed by atoms with van der Waals surface area (Å²) in [6.07, 6.45) is 0.461. The van der Waals surface area contributed by atoms with Gasteiger partial charge >= 0.3 is 0 Å². The number of aliphatic hydroxyl groups is 1. The van der Waals surface area contributed by atoms with Crippen LogP contribution in [0.2, 0.25) is 0 Å². The van der Waals surface area contributed by atoms with E-state index < -0.39 is 5.60 Å². The van der Waals surface area contributed by atoms with Crippen molar-refractivity contribution in [3.63, 3.8) is 0 Å². The Morgan fingerprint density at radius 2 is 1.47 bits per heavy atom. The molecule has 3 aromatic carbocycles. The van der Waals surface area contributed by atoms with Crippen LogP contribution in [-0.2, 0) is 16.8 Å². The largest absolute Gasteiger partial charge is 0.384 e. The van der Waals surface area contributed by atoms with Crippen LogP contribution in [0, 0.1) is 5.82 Å². The van der Waals surface area contributed by atoms with Crippen molar-refractivity contribution in [1.29, 1.82) is 0 Å². The van der Waals surface area contributed by atoms with Crippen molar-refractivity contribution in [3.8, 4) is 0 Å². The monoisotopic (exact) mass is 406 g/mol. The highest BCUT2D eigenvalue weighted by Gasteiger charge is 2.42. The fourth-order valence-corrected chi connectivity index (χ4v) is 4.47. The molecule has 1 saturated heterocycles. The molecular weight excluding hydrogens is 377 g/mol. The van der Waals surface area contributed by atoms with Gasteiger partial charge in [0.15, 0.2) is 0 Å². The summed E-state index contributed by atoms with van der Waals surface area (Å²) in [4.78, 5) is 1.42. The molecule has 0 spiro atoms. The summed E-state index contributed by atoms with van der Waals surface area (Å²) >= 11 is 0. The van der Waals surface area contributed by atoms with Gasteiger partial charge in [0.2, 0.25) is 0 Å². The van der Waals surface area contributed by atoms with Gasteiger partial charge in [0.05, 0.1) is 25.7 Å². The second-order valence-electron chi connectivity index (χ2n) is 8.12. The van der Waals surface area contributed by atoms with E-state index in [9.17, 15) is 9.50 Å². The summed E-state index contributed by atoms with van der Waals surface area (Å²) in [6, 6.07) is 26.6. The molecule has 1 heterocycles. The molecule has 1 aliphatic heterocycles. The normalized spacial score (nSPS) is 17.9. The molecule has 0 bridgehead atoms. The second kappa shape index (κ2) is 9.52. The van der Waals surface area contributed by atoms with Crippen LogP contribution >= 0.6 is 0 Å². The van der Waals surface area contributed by atoms with Gasteiger partial charge in [-0.2, -0.15) is 0 Å². The lowest BCUT2D eigenvalue weighted by Crippen LogP contribution is -3.14. The van der Waals surface area contributed by atoms with Crippen molar-refractivity contribution < 1.29 is 19.1 Å². The van der Waals surface area contributed by atoms with Crippen LogP contribution in [-0.4, -0.2) is 38.0 Å². The van der Waals surface area contributed by atoms with Crippen molar-refractivity contribution in [2.75, 3.05) is 32.8 Å². The van der Waals surface area contributed by atoms with Crippen molar-refractivity contribution >= 4 is 0 Å². The highest BCUT2D eigenvalue weighted by atomic mass is 19.1. The molecule has 2 N–H and O–H groups in total. The Bertz CT molecular complexity index is 911. The molecule has 0 saturated carbocycles. The van der Waals surface area contributed by atoms with Gasteiger partial charge in [0, 0.05) is 6.42 Å². The predicted molar refractivity (Wildman–Crippen MR) is 116 cm³/mol. The summed E-state index contributed by atoms with van der Waals surface area (Å²) in [5, 5.41) is 12.3. The standard InChI is InChI=1S/C26H28FNO2/c27-24-13-11-23(12-14-24)26(29,19-21-7-3-1-4-8-21)25(22-9-5-2-6-10-22)20-28-15-17-30-18-16-28/h1-14,25,29H,15-20H2/p+1. The predicted octanol–water partition coefficient (Wildman–Crippen LogP) is 2.95. The molecule has 2 atom stereocenters. The third-order valence-electron chi connectivity index (χ3n) is 6.13. The summed E-state index contributed by atoms with van der Waals surface area (Å²) < 4.78 is 19.2.